The molecule has 5 heteroatoms. The molecule has 0 spiro atoms. The highest BCUT2D eigenvalue weighted by Gasteiger charge is 2.16. The van der Waals surface area contributed by atoms with E-state index in [2.05, 4.69) is 47.1 Å². The zero-order valence-electron chi connectivity index (χ0n) is 16.4. The lowest BCUT2D eigenvalue weighted by Crippen LogP contribution is -2.46. The number of hydrogen-bond donors (Lipinski definition) is 0. The Morgan fingerprint density at radius 1 is 0.731 bits per heavy atom. The van der Waals surface area contributed by atoms with Crippen molar-refractivity contribution in [1.29, 1.82) is 0 Å². The average molecular weight is 365 g/mol. The van der Waals surface area contributed by atoms with Crippen molar-refractivity contribution in [1.82, 2.24) is 9.80 Å². The van der Waals surface area contributed by atoms with Crippen LogP contribution in [0.15, 0.2) is 30.3 Å². The molecule has 5 nitrogen and oxygen atoms in total. The predicted molar refractivity (Wildman–Crippen MR) is 106 cm³/mol. The molecule has 0 bridgehead atoms. The molecule has 0 radical (unpaired) electrons. The Morgan fingerprint density at radius 2 is 1.31 bits per heavy atom. The summed E-state index contributed by atoms with van der Waals surface area (Å²) >= 11 is 0. The topological polar surface area (TPSA) is 34.2 Å². The van der Waals surface area contributed by atoms with Gasteiger partial charge in [0.05, 0.1) is 33.0 Å². The van der Waals surface area contributed by atoms with Gasteiger partial charge in [0.25, 0.3) is 0 Å². The van der Waals surface area contributed by atoms with Gasteiger partial charge >= 0.3 is 0 Å². The van der Waals surface area contributed by atoms with Gasteiger partial charge in [0.2, 0.25) is 0 Å². The van der Waals surface area contributed by atoms with Crippen LogP contribution in [0.2, 0.25) is 0 Å². The van der Waals surface area contributed by atoms with Crippen molar-refractivity contribution in [3.05, 3.63) is 35.9 Å². The van der Waals surface area contributed by atoms with Gasteiger partial charge in [0.1, 0.15) is 0 Å². The molecule has 1 aliphatic rings. The van der Waals surface area contributed by atoms with Crippen molar-refractivity contribution in [2.75, 3.05) is 72.4 Å². The van der Waals surface area contributed by atoms with E-state index in [4.69, 9.17) is 14.2 Å². The molecule has 1 heterocycles. The third kappa shape index (κ3) is 9.64. The third-order valence-electron chi connectivity index (χ3n) is 4.65. The Bertz CT molecular complexity index is 436. The Hall–Kier alpha value is -0.980. The van der Waals surface area contributed by atoms with E-state index in [1.54, 1.807) is 0 Å². The number of hydrogen-bond acceptors (Lipinski definition) is 5. The van der Waals surface area contributed by atoms with E-state index in [-0.39, 0.29) is 0 Å². The number of benzene rings is 1. The minimum atomic E-state index is 0.655. The summed E-state index contributed by atoms with van der Waals surface area (Å²) in [7, 11) is 0. The highest BCUT2D eigenvalue weighted by Crippen LogP contribution is 2.08. The minimum absolute atomic E-state index is 0.655. The normalized spacial score (nSPS) is 16.2. The second-order valence-electron chi connectivity index (χ2n) is 6.79. The first-order valence-corrected chi connectivity index (χ1v) is 10.1. The van der Waals surface area contributed by atoms with Crippen molar-refractivity contribution < 1.29 is 14.2 Å². The van der Waals surface area contributed by atoms with E-state index in [1.807, 2.05) is 0 Å². The summed E-state index contributed by atoms with van der Waals surface area (Å²) in [6.45, 7) is 13.1. The second-order valence-corrected chi connectivity index (χ2v) is 6.79. The third-order valence-corrected chi connectivity index (χ3v) is 4.65. The van der Waals surface area contributed by atoms with Gasteiger partial charge in [-0.1, -0.05) is 43.7 Å². The monoisotopic (exact) mass is 364 g/mol. The number of rotatable bonds is 14. The lowest BCUT2D eigenvalue weighted by atomic mass is 10.2. The van der Waals surface area contributed by atoms with Crippen LogP contribution in [0.1, 0.15) is 25.3 Å². The molecule has 0 atom stereocenters. The van der Waals surface area contributed by atoms with Crippen LogP contribution in [0.5, 0.6) is 0 Å². The zero-order valence-corrected chi connectivity index (χ0v) is 16.4. The molecule has 0 saturated carbocycles. The van der Waals surface area contributed by atoms with E-state index >= 15 is 0 Å². The molecule has 1 aliphatic heterocycles. The first kappa shape index (κ1) is 21.3. The summed E-state index contributed by atoms with van der Waals surface area (Å²) < 4.78 is 16.6. The minimum Gasteiger partial charge on any atom is -0.379 e. The lowest BCUT2D eigenvalue weighted by Gasteiger charge is -2.34. The first-order valence-electron chi connectivity index (χ1n) is 10.1. The van der Waals surface area contributed by atoms with Crippen molar-refractivity contribution in [2.45, 2.75) is 26.3 Å². The SMILES string of the molecule is CCCCOCCOCCOCCN1CCN(Cc2ccccc2)CC1. The van der Waals surface area contributed by atoms with E-state index in [0.29, 0.717) is 26.4 Å². The standard InChI is InChI=1S/C21H36N2O3/c1-2-3-14-24-16-18-26-19-17-25-15-13-22-9-11-23(12-10-22)20-21-7-5-4-6-8-21/h4-8H,2-3,9-20H2,1H3. The molecule has 2 rings (SSSR count). The van der Waals surface area contributed by atoms with Gasteiger partial charge in [0, 0.05) is 45.9 Å². The summed E-state index contributed by atoms with van der Waals surface area (Å²) in [5.74, 6) is 0. The number of unbranched alkanes of at least 4 members (excludes halogenated alkanes) is 1. The first-order chi connectivity index (χ1) is 12.9. The van der Waals surface area contributed by atoms with Crippen LogP contribution >= 0.6 is 0 Å². The molecule has 1 aromatic rings. The van der Waals surface area contributed by atoms with Crippen LogP contribution in [0.25, 0.3) is 0 Å². The van der Waals surface area contributed by atoms with Crippen LogP contribution in [0.3, 0.4) is 0 Å². The molecule has 1 aromatic carbocycles. The molecule has 0 amide bonds. The fourth-order valence-electron chi connectivity index (χ4n) is 2.99. The average Bonchev–Trinajstić information content (AvgIpc) is 2.68. The molecular formula is C21H36N2O3. The summed E-state index contributed by atoms with van der Waals surface area (Å²) in [6.07, 6.45) is 2.31. The highest BCUT2D eigenvalue weighted by molar-refractivity contribution is 5.14. The van der Waals surface area contributed by atoms with Gasteiger partial charge in [-0.05, 0) is 12.0 Å². The van der Waals surface area contributed by atoms with Crippen molar-refractivity contribution >= 4 is 0 Å². The molecule has 0 aromatic heterocycles. The maximum atomic E-state index is 5.68. The quantitative estimate of drug-likeness (QED) is 0.474. The molecule has 0 aliphatic carbocycles. The van der Waals surface area contributed by atoms with Crippen LogP contribution in [-0.4, -0.2) is 82.2 Å². The molecule has 1 saturated heterocycles. The van der Waals surface area contributed by atoms with Gasteiger partial charge in [0.15, 0.2) is 0 Å². The summed E-state index contributed by atoms with van der Waals surface area (Å²) in [5.41, 5.74) is 1.40. The molecule has 0 N–H and O–H groups in total. The Labute approximate surface area is 159 Å². The largest absolute Gasteiger partial charge is 0.379 e. The van der Waals surface area contributed by atoms with Crippen LogP contribution in [0.4, 0.5) is 0 Å². The highest BCUT2D eigenvalue weighted by atomic mass is 16.5. The maximum absolute atomic E-state index is 5.68. The van der Waals surface area contributed by atoms with Gasteiger partial charge in [-0.3, -0.25) is 9.80 Å². The molecule has 1 fully saturated rings. The summed E-state index contributed by atoms with van der Waals surface area (Å²) in [4.78, 5) is 5.02. The Kier molecular flexibility index (Phi) is 11.6. The van der Waals surface area contributed by atoms with E-state index in [9.17, 15) is 0 Å². The van der Waals surface area contributed by atoms with Gasteiger partial charge in [-0.25, -0.2) is 0 Å². The van der Waals surface area contributed by atoms with Gasteiger partial charge in [-0.15, -0.1) is 0 Å². The van der Waals surface area contributed by atoms with E-state index in [1.165, 1.54) is 12.0 Å². The van der Waals surface area contributed by atoms with Gasteiger partial charge < -0.3 is 14.2 Å². The molecule has 148 valence electrons. The van der Waals surface area contributed by atoms with Crippen molar-refractivity contribution in [3.8, 4) is 0 Å². The molecule has 0 unspecified atom stereocenters. The van der Waals surface area contributed by atoms with Crippen LogP contribution in [-0.2, 0) is 20.8 Å². The van der Waals surface area contributed by atoms with Crippen molar-refractivity contribution in [2.24, 2.45) is 0 Å². The summed E-state index contributed by atoms with van der Waals surface area (Å²) in [5, 5.41) is 0. The zero-order chi connectivity index (χ0) is 18.3. The van der Waals surface area contributed by atoms with E-state index in [0.717, 1.165) is 58.9 Å². The predicted octanol–water partition coefficient (Wildman–Crippen LogP) is 2.65. The van der Waals surface area contributed by atoms with Gasteiger partial charge in [-0.2, -0.15) is 0 Å². The second kappa shape index (κ2) is 14.1. The number of ether oxygens (including phenoxy) is 3. The smallest absolute Gasteiger partial charge is 0.0701 e. The van der Waals surface area contributed by atoms with Crippen LogP contribution < -0.4 is 0 Å². The molecular weight excluding hydrogens is 328 g/mol. The van der Waals surface area contributed by atoms with Crippen LogP contribution in [0, 0.1) is 0 Å². The fraction of sp³-hybridized carbons (Fsp3) is 0.714. The fourth-order valence-corrected chi connectivity index (χ4v) is 2.99. The number of nitrogens with zero attached hydrogens (tertiary/aromatic N) is 2. The van der Waals surface area contributed by atoms with Crippen molar-refractivity contribution in [3.63, 3.8) is 0 Å². The Morgan fingerprint density at radius 3 is 1.96 bits per heavy atom. The summed E-state index contributed by atoms with van der Waals surface area (Å²) in [6, 6.07) is 10.7. The molecule has 26 heavy (non-hydrogen) atoms. The van der Waals surface area contributed by atoms with E-state index < -0.39 is 0 Å². The lowest BCUT2D eigenvalue weighted by molar-refractivity contribution is 0.00739. The number of piperazine rings is 1. The Balaban J connectivity index is 1.39. The maximum Gasteiger partial charge on any atom is 0.0701 e.